The summed E-state index contributed by atoms with van der Waals surface area (Å²) in [5.41, 5.74) is 1.12. The SMILES string of the molecule is CCOc1cnc(N2CCC(Oc3ccc([C@H](C)CC(C)=O)cc3)C2)c(F)c1. The Bertz CT molecular complexity index is 810. The Morgan fingerprint density at radius 3 is 2.71 bits per heavy atom. The molecular formula is C22H27FN2O3. The highest BCUT2D eigenvalue weighted by Crippen LogP contribution is 2.27. The molecule has 2 atom stereocenters. The Morgan fingerprint density at radius 2 is 2.07 bits per heavy atom. The van der Waals surface area contributed by atoms with Crippen molar-refractivity contribution < 1.29 is 18.7 Å². The van der Waals surface area contributed by atoms with Crippen LogP contribution in [0.15, 0.2) is 36.5 Å². The van der Waals surface area contributed by atoms with Gasteiger partial charge in [-0.2, -0.15) is 0 Å². The molecule has 1 aliphatic heterocycles. The predicted octanol–water partition coefficient (Wildman–Crippen LogP) is 4.36. The molecule has 1 aliphatic rings. The molecule has 1 aromatic carbocycles. The van der Waals surface area contributed by atoms with Gasteiger partial charge in [-0.05, 0) is 37.5 Å². The van der Waals surface area contributed by atoms with E-state index < -0.39 is 0 Å². The van der Waals surface area contributed by atoms with Crippen molar-refractivity contribution in [3.8, 4) is 11.5 Å². The van der Waals surface area contributed by atoms with E-state index in [-0.39, 0.29) is 23.6 Å². The number of aromatic nitrogens is 1. The van der Waals surface area contributed by atoms with Crippen LogP contribution in [0.5, 0.6) is 11.5 Å². The van der Waals surface area contributed by atoms with Crippen LogP contribution in [0.25, 0.3) is 0 Å². The smallest absolute Gasteiger partial charge is 0.169 e. The van der Waals surface area contributed by atoms with Crippen LogP contribution in [0.2, 0.25) is 0 Å². The van der Waals surface area contributed by atoms with Crippen molar-refractivity contribution >= 4 is 11.6 Å². The third kappa shape index (κ3) is 5.00. The summed E-state index contributed by atoms with van der Waals surface area (Å²) >= 11 is 0. The zero-order valence-electron chi connectivity index (χ0n) is 16.7. The molecule has 0 spiro atoms. The Morgan fingerprint density at radius 1 is 1.32 bits per heavy atom. The molecule has 5 nitrogen and oxygen atoms in total. The van der Waals surface area contributed by atoms with E-state index in [9.17, 15) is 9.18 Å². The van der Waals surface area contributed by atoms with Gasteiger partial charge in [0.05, 0.1) is 19.3 Å². The Balaban J connectivity index is 1.58. The summed E-state index contributed by atoms with van der Waals surface area (Å²) < 4.78 is 25.7. The molecule has 6 heteroatoms. The van der Waals surface area contributed by atoms with Crippen LogP contribution in [-0.2, 0) is 4.79 Å². The minimum absolute atomic E-state index is 0.0201. The van der Waals surface area contributed by atoms with Crippen LogP contribution in [0.3, 0.4) is 0 Å². The van der Waals surface area contributed by atoms with E-state index in [0.717, 1.165) is 17.7 Å². The normalized spacial score (nSPS) is 17.4. The van der Waals surface area contributed by atoms with Crippen LogP contribution in [0, 0.1) is 5.82 Å². The molecule has 150 valence electrons. The molecule has 1 saturated heterocycles. The fourth-order valence-electron chi connectivity index (χ4n) is 3.52. The number of ketones is 1. The molecule has 0 aliphatic carbocycles. The number of benzene rings is 1. The van der Waals surface area contributed by atoms with Gasteiger partial charge in [-0.25, -0.2) is 9.37 Å². The lowest BCUT2D eigenvalue weighted by molar-refractivity contribution is -0.117. The molecule has 0 amide bonds. The van der Waals surface area contributed by atoms with Crippen LogP contribution in [-0.4, -0.2) is 36.6 Å². The second-order valence-corrected chi connectivity index (χ2v) is 7.26. The number of hydrogen-bond acceptors (Lipinski definition) is 5. The summed E-state index contributed by atoms with van der Waals surface area (Å²) in [6, 6.07) is 9.25. The maximum absolute atomic E-state index is 14.3. The number of carbonyl (C=O) groups is 1. The van der Waals surface area contributed by atoms with Crippen LogP contribution in [0.4, 0.5) is 10.2 Å². The van der Waals surface area contributed by atoms with E-state index in [1.54, 1.807) is 13.1 Å². The van der Waals surface area contributed by atoms with E-state index in [4.69, 9.17) is 9.47 Å². The van der Waals surface area contributed by atoms with Crippen molar-refractivity contribution in [3.63, 3.8) is 0 Å². The maximum Gasteiger partial charge on any atom is 0.169 e. The molecule has 1 aromatic heterocycles. The molecule has 0 saturated carbocycles. The third-order valence-corrected chi connectivity index (χ3v) is 4.90. The lowest BCUT2D eigenvalue weighted by Crippen LogP contribution is -2.26. The topological polar surface area (TPSA) is 51.7 Å². The lowest BCUT2D eigenvalue weighted by Gasteiger charge is -2.19. The molecule has 1 unspecified atom stereocenters. The van der Waals surface area contributed by atoms with Crippen molar-refractivity contribution in [3.05, 3.63) is 47.9 Å². The van der Waals surface area contributed by atoms with Gasteiger partial charge < -0.3 is 19.2 Å². The number of halogens is 1. The number of Topliss-reactive ketones (excluding diaryl/α,β-unsaturated/α-hetero) is 1. The number of anilines is 1. The standard InChI is InChI=1S/C22H27FN2O3/c1-4-27-20-12-21(23)22(24-13-20)25-10-9-19(14-25)28-18-7-5-17(6-8-18)15(2)11-16(3)26/h5-8,12-13,15,19H,4,9-11,14H2,1-3H3/t15-,19?/m1/s1. The largest absolute Gasteiger partial charge is 0.492 e. The summed E-state index contributed by atoms with van der Waals surface area (Å²) in [6.07, 6.45) is 2.88. The Kier molecular flexibility index (Phi) is 6.49. The molecule has 28 heavy (non-hydrogen) atoms. The van der Waals surface area contributed by atoms with E-state index in [0.29, 0.717) is 37.7 Å². The van der Waals surface area contributed by atoms with Gasteiger partial charge in [0.15, 0.2) is 11.6 Å². The average molecular weight is 386 g/mol. The highest BCUT2D eigenvalue weighted by atomic mass is 19.1. The fourth-order valence-corrected chi connectivity index (χ4v) is 3.52. The molecule has 0 bridgehead atoms. The number of nitrogens with zero attached hydrogens (tertiary/aromatic N) is 2. The molecule has 0 N–H and O–H groups in total. The first-order valence-corrected chi connectivity index (χ1v) is 9.75. The second kappa shape index (κ2) is 9.04. The highest BCUT2D eigenvalue weighted by Gasteiger charge is 2.27. The summed E-state index contributed by atoms with van der Waals surface area (Å²) in [5.74, 6) is 1.56. The van der Waals surface area contributed by atoms with Gasteiger partial charge in [0.1, 0.15) is 23.4 Å². The highest BCUT2D eigenvalue weighted by molar-refractivity contribution is 5.76. The van der Waals surface area contributed by atoms with Crippen molar-refractivity contribution in [1.82, 2.24) is 4.98 Å². The van der Waals surface area contributed by atoms with E-state index in [1.807, 2.05) is 43.0 Å². The van der Waals surface area contributed by atoms with Crippen molar-refractivity contribution in [2.24, 2.45) is 0 Å². The first-order valence-electron chi connectivity index (χ1n) is 9.75. The number of hydrogen-bond donors (Lipinski definition) is 0. The number of pyridine rings is 1. The molecule has 0 radical (unpaired) electrons. The number of rotatable bonds is 8. The second-order valence-electron chi connectivity index (χ2n) is 7.26. The average Bonchev–Trinajstić information content (AvgIpc) is 3.10. The van der Waals surface area contributed by atoms with Gasteiger partial charge in [0.2, 0.25) is 0 Å². The number of carbonyl (C=O) groups excluding carboxylic acids is 1. The van der Waals surface area contributed by atoms with Gasteiger partial charge in [-0.15, -0.1) is 0 Å². The summed E-state index contributed by atoms with van der Waals surface area (Å²) in [4.78, 5) is 17.4. The molecule has 3 rings (SSSR count). The quantitative estimate of drug-likeness (QED) is 0.675. The van der Waals surface area contributed by atoms with E-state index >= 15 is 0 Å². The molecule has 2 aromatic rings. The number of ether oxygens (including phenoxy) is 2. The third-order valence-electron chi connectivity index (χ3n) is 4.90. The van der Waals surface area contributed by atoms with Crippen molar-refractivity contribution in [1.29, 1.82) is 0 Å². The van der Waals surface area contributed by atoms with Crippen LogP contribution < -0.4 is 14.4 Å². The van der Waals surface area contributed by atoms with Crippen LogP contribution >= 0.6 is 0 Å². The van der Waals surface area contributed by atoms with Crippen LogP contribution in [0.1, 0.15) is 45.1 Å². The van der Waals surface area contributed by atoms with E-state index in [2.05, 4.69) is 4.98 Å². The summed E-state index contributed by atoms with van der Waals surface area (Å²) in [7, 11) is 0. The van der Waals surface area contributed by atoms with Gasteiger partial charge in [-0.1, -0.05) is 19.1 Å². The van der Waals surface area contributed by atoms with Gasteiger partial charge >= 0.3 is 0 Å². The van der Waals surface area contributed by atoms with Gasteiger partial charge in [0, 0.05) is 25.5 Å². The zero-order valence-corrected chi connectivity index (χ0v) is 16.7. The molecule has 1 fully saturated rings. The van der Waals surface area contributed by atoms with Gasteiger partial charge in [-0.3, -0.25) is 0 Å². The first kappa shape index (κ1) is 20.1. The monoisotopic (exact) mass is 386 g/mol. The molecule has 2 heterocycles. The maximum atomic E-state index is 14.3. The summed E-state index contributed by atoms with van der Waals surface area (Å²) in [6.45, 7) is 7.26. The summed E-state index contributed by atoms with van der Waals surface area (Å²) in [5, 5.41) is 0. The minimum atomic E-state index is -0.379. The first-order chi connectivity index (χ1) is 13.5. The Hall–Kier alpha value is -2.63. The van der Waals surface area contributed by atoms with E-state index in [1.165, 1.54) is 6.07 Å². The van der Waals surface area contributed by atoms with Crippen molar-refractivity contribution in [2.75, 3.05) is 24.6 Å². The zero-order chi connectivity index (χ0) is 20.1. The van der Waals surface area contributed by atoms with Gasteiger partial charge in [0.25, 0.3) is 0 Å². The fraction of sp³-hybridized carbons (Fsp3) is 0.455. The molecular weight excluding hydrogens is 359 g/mol. The lowest BCUT2D eigenvalue weighted by atomic mass is 9.96. The Labute approximate surface area is 165 Å². The minimum Gasteiger partial charge on any atom is -0.492 e. The van der Waals surface area contributed by atoms with Crippen molar-refractivity contribution in [2.45, 2.75) is 45.6 Å². The predicted molar refractivity (Wildman–Crippen MR) is 107 cm³/mol.